The van der Waals surface area contributed by atoms with Gasteiger partial charge in [0.2, 0.25) is 0 Å². The van der Waals surface area contributed by atoms with Crippen molar-refractivity contribution in [1.29, 1.82) is 0 Å². The van der Waals surface area contributed by atoms with Gasteiger partial charge in [-0.1, -0.05) is 177 Å². The normalized spacial score (nSPS) is 12.9. The van der Waals surface area contributed by atoms with Crippen molar-refractivity contribution in [3.8, 4) is 56.6 Å². The second-order valence-electron chi connectivity index (χ2n) is 34.3. The fraction of sp³-hybridized carbons (Fsp3) is 0.419. The number of hydrogen-bond donors (Lipinski definition) is 2. The summed E-state index contributed by atoms with van der Waals surface area (Å²) in [5.74, 6) is 0.0504. The molecular formula is C86H108F2HfN2O4-2. The molecule has 0 bridgehead atoms. The van der Waals surface area contributed by atoms with E-state index in [2.05, 4.69) is 246 Å². The molecule has 0 amide bonds. The Hall–Kier alpha value is -6.71. The first-order valence-electron chi connectivity index (χ1n) is 33.3. The van der Waals surface area contributed by atoms with Crippen molar-refractivity contribution in [2.75, 3.05) is 13.2 Å². The number of phenolic OH excluding ortho intramolecular Hbond substituents is 2. The Morgan fingerprint density at radius 2 is 0.611 bits per heavy atom. The molecule has 2 aromatic heterocycles. The zero-order chi connectivity index (χ0) is 67.4. The number of phenols is 2. The Morgan fingerprint density at radius 1 is 0.337 bits per heavy atom. The molecule has 10 rings (SSSR count). The molecule has 0 fully saturated rings. The fourth-order valence-corrected chi connectivity index (χ4v) is 14.3. The van der Waals surface area contributed by atoms with Crippen LogP contribution in [-0.4, -0.2) is 32.6 Å². The standard InChI is InChI=1S/C84H102F2N2O4.2CH3.Hf/c1-77(2,3)49-83(19,20)55-43-65(75(89)71(45-55)87-67-31-25-51(79(7,8)9)39-59(67)60-40-52(80(10,11)12)26-32-68(60)87)63-47-57(85)29-35-73(63)91-37-23-24-38-92-74-36-30-58(86)48-64(74)66-44-56(84(21,22)50-78(4,5)6)46-72(76(66)90)88-69-33-27-53(81(13,14)15)41-61(69)62-42-54(82(16,17)18)28-34-70(62)88;;;/h25-36,39-48,89-90H,23-24,37-38,49-50H2,1-22H3;2*1H3;/q;2*-1;. The molecule has 0 atom stereocenters. The van der Waals surface area contributed by atoms with E-state index in [0.717, 1.165) is 67.6 Å². The van der Waals surface area contributed by atoms with E-state index in [0.29, 0.717) is 58.0 Å². The van der Waals surface area contributed by atoms with Crippen LogP contribution in [0, 0.1) is 37.3 Å². The topological polar surface area (TPSA) is 68.8 Å². The van der Waals surface area contributed by atoms with E-state index in [1.165, 1.54) is 46.5 Å². The minimum atomic E-state index is -0.446. The molecule has 0 saturated carbocycles. The van der Waals surface area contributed by atoms with Gasteiger partial charge in [-0.2, -0.15) is 0 Å². The maximum absolute atomic E-state index is 15.9. The van der Waals surface area contributed by atoms with Crippen LogP contribution in [0.4, 0.5) is 8.78 Å². The van der Waals surface area contributed by atoms with Crippen molar-refractivity contribution >= 4 is 43.6 Å². The second-order valence-corrected chi connectivity index (χ2v) is 34.3. The van der Waals surface area contributed by atoms with Crippen LogP contribution in [0.5, 0.6) is 23.0 Å². The minimum Gasteiger partial charge on any atom is -0.505 e. The van der Waals surface area contributed by atoms with Gasteiger partial charge < -0.3 is 43.7 Å². The van der Waals surface area contributed by atoms with Gasteiger partial charge in [0.05, 0.1) is 46.7 Å². The molecule has 95 heavy (non-hydrogen) atoms. The summed E-state index contributed by atoms with van der Waals surface area (Å²) in [7, 11) is 0. The summed E-state index contributed by atoms with van der Waals surface area (Å²) in [5.41, 5.74) is 12.7. The van der Waals surface area contributed by atoms with E-state index < -0.39 is 11.6 Å². The van der Waals surface area contributed by atoms with Gasteiger partial charge >= 0.3 is 0 Å². The maximum atomic E-state index is 15.9. The van der Waals surface area contributed by atoms with Crippen molar-refractivity contribution in [3.63, 3.8) is 0 Å². The van der Waals surface area contributed by atoms with Crippen LogP contribution in [0.15, 0.2) is 133 Å². The van der Waals surface area contributed by atoms with Crippen LogP contribution in [-0.2, 0) is 58.3 Å². The van der Waals surface area contributed by atoms with Crippen molar-refractivity contribution in [2.45, 2.75) is 210 Å². The summed E-state index contributed by atoms with van der Waals surface area (Å²) in [6, 6.07) is 44.1. The molecule has 0 aliphatic carbocycles. The molecule has 0 saturated heterocycles. The van der Waals surface area contributed by atoms with E-state index in [1.54, 1.807) is 12.1 Å². The fourth-order valence-electron chi connectivity index (χ4n) is 14.3. The minimum absolute atomic E-state index is 0. The van der Waals surface area contributed by atoms with E-state index in [9.17, 15) is 10.2 Å². The Labute approximate surface area is 587 Å². The van der Waals surface area contributed by atoms with Crippen molar-refractivity contribution in [3.05, 3.63) is 193 Å². The van der Waals surface area contributed by atoms with Crippen molar-refractivity contribution in [1.82, 2.24) is 9.13 Å². The van der Waals surface area contributed by atoms with E-state index in [-0.39, 0.29) is 109 Å². The SMILES string of the molecule is CC(C)(C)CC(C)(C)c1cc(-c2cc(F)ccc2OCCCCOc2ccc(F)cc2-c2cc(C(C)(C)CC(C)(C)C)cc(-n3c4ccc(C(C)(C)C)cc4c4cc(C(C)(C)C)ccc43)c2O)c(O)c(-n2c3ccc(C(C)(C)C)cc3c3cc(C(C)(C)C)ccc32)c1.[CH3-].[CH3-].[Hf]. The first-order valence-corrected chi connectivity index (χ1v) is 33.3. The van der Waals surface area contributed by atoms with Gasteiger partial charge in [0, 0.05) is 69.6 Å². The van der Waals surface area contributed by atoms with Gasteiger partial charge in [-0.05, 0) is 212 Å². The third-order valence-corrected chi connectivity index (χ3v) is 18.7. The van der Waals surface area contributed by atoms with Crippen LogP contribution in [0.2, 0.25) is 0 Å². The third-order valence-electron chi connectivity index (χ3n) is 18.7. The number of nitrogens with zero attached hydrogens (tertiary/aromatic N) is 2. The van der Waals surface area contributed by atoms with Gasteiger partial charge in [-0.15, -0.1) is 0 Å². The first kappa shape index (κ1) is 75.7. The maximum Gasteiger partial charge on any atom is 0.147 e. The van der Waals surface area contributed by atoms with Crippen LogP contribution in [0.3, 0.4) is 0 Å². The third kappa shape index (κ3) is 15.8. The molecule has 0 radical (unpaired) electrons. The van der Waals surface area contributed by atoms with E-state index in [1.807, 2.05) is 12.1 Å². The molecule has 10 aromatic rings. The summed E-state index contributed by atoms with van der Waals surface area (Å²) < 4.78 is 49.5. The molecular weight excluding hydrogens is 1340 g/mol. The van der Waals surface area contributed by atoms with E-state index in [4.69, 9.17) is 9.47 Å². The van der Waals surface area contributed by atoms with Crippen LogP contribution in [0.1, 0.15) is 211 Å². The summed E-state index contributed by atoms with van der Waals surface area (Å²) in [4.78, 5) is 0. The number of rotatable bonds is 15. The smallest absolute Gasteiger partial charge is 0.147 e. The largest absolute Gasteiger partial charge is 0.505 e. The quantitative estimate of drug-likeness (QED) is 0.0610. The predicted molar refractivity (Wildman–Crippen MR) is 398 cm³/mol. The number of halogens is 2. The summed E-state index contributed by atoms with van der Waals surface area (Å²) >= 11 is 0. The van der Waals surface area contributed by atoms with Crippen molar-refractivity contribution < 1.29 is 54.3 Å². The van der Waals surface area contributed by atoms with Gasteiger partial charge in [-0.3, -0.25) is 0 Å². The van der Waals surface area contributed by atoms with Crippen LogP contribution >= 0.6 is 0 Å². The monoisotopic (exact) mass is 1450 g/mol. The summed E-state index contributed by atoms with van der Waals surface area (Å²) in [6.07, 6.45) is 2.81. The molecule has 506 valence electrons. The molecule has 8 aromatic carbocycles. The Balaban J connectivity index is 0.00000425. The number of aromatic nitrogens is 2. The number of benzene rings is 8. The first-order chi connectivity index (χ1) is 42.5. The molecule has 0 aliphatic rings. The van der Waals surface area contributed by atoms with Crippen LogP contribution in [0.25, 0.3) is 77.2 Å². The molecule has 6 nitrogen and oxygen atoms in total. The predicted octanol–water partition coefficient (Wildman–Crippen LogP) is 24.7. The number of fused-ring (bicyclic) bond motifs is 6. The molecule has 9 heteroatoms. The average molecular weight is 1450 g/mol. The molecule has 2 N–H and O–H groups in total. The molecule has 0 aliphatic heterocycles. The number of hydrogen-bond acceptors (Lipinski definition) is 4. The Bertz CT molecular complexity index is 4030. The zero-order valence-corrected chi connectivity index (χ0v) is 65.4. The van der Waals surface area contributed by atoms with E-state index >= 15 is 8.78 Å². The Kier molecular flexibility index (Phi) is 21.5. The molecule has 0 unspecified atom stereocenters. The number of unbranched alkanes of at least 4 members (excludes halogenated alkanes) is 1. The average Bonchev–Trinajstić information content (AvgIpc) is 1.62. The second kappa shape index (κ2) is 27.0. The van der Waals surface area contributed by atoms with Gasteiger partial charge in [0.25, 0.3) is 0 Å². The summed E-state index contributed by atoms with van der Waals surface area (Å²) in [6.45, 7) is 49.8. The van der Waals surface area contributed by atoms with Crippen LogP contribution < -0.4 is 9.47 Å². The van der Waals surface area contributed by atoms with Gasteiger partial charge in [0.15, 0.2) is 0 Å². The zero-order valence-electron chi connectivity index (χ0n) is 61.8. The van der Waals surface area contributed by atoms with Gasteiger partial charge in [0.1, 0.15) is 34.6 Å². The number of aromatic hydroxyl groups is 2. The van der Waals surface area contributed by atoms with Gasteiger partial charge in [-0.25, -0.2) is 8.78 Å². The molecule has 0 spiro atoms. The Morgan fingerprint density at radius 3 is 0.863 bits per heavy atom. The summed E-state index contributed by atoms with van der Waals surface area (Å²) in [5, 5.41) is 30.4. The number of ether oxygens (including phenoxy) is 2. The van der Waals surface area contributed by atoms with Crippen molar-refractivity contribution in [2.24, 2.45) is 10.8 Å². The molecule has 2 heterocycles.